The molecule has 3 aromatic carbocycles. The zero-order valence-corrected chi connectivity index (χ0v) is 23.8. The Bertz CT molecular complexity index is 1490. The molecule has 9 nitrogen and oxygen atoms in total. The van der Waals surface area contributed by atoms with E-state index in [1.54, 1.807) is 18.2 Å². The van der Waals surface area contributed by atoms with Crippen LogP contribution in [0.2, 0.25) is 0 Å². The summed E-state index contributed by atoms with van der Waals surface area (Å²) in [6.07, 6.45) is 3.62. The first-order chi connectivity index (χ1) is 19.6. The molecular formula is C31H37N3O6S. The smallest absolute Gasteiger partial charge is 0.268 e. The van der Waals surface area contributed by atoms with Gasteiger partial charge in [-0.15, -0.1) is 0 Å². The minimum Gasteiger partial charge on any atom is -0.508 e. The average molecular weight is 580 g/mol. The molecule has 0 spiro atoms. The van der Waals surface area contributed by atoms with Crippen LogP contribution in [0, 0.1) is 0 Å². The highest BCUT2D eigenvalue weighted by Gasteiger charge is 2.27. The second-order valence-corrected chi connectivity index (χ2v) is 11.9. The first-order valence-corrected chi connectivity index (χ1v) is 15.1. The summed E-state index contributed by atoms with van der Waals surface area (Å²) in [5.41, 5.74) is 10.6. The lowest BCUT2D eigenvalue weighted by Gasteiger charge is -2.22. The molecule has 1 heterocycles. The molecule has 10 heteroatoms. The molecule has 1 aliphatic heterocycles. The number of allylic oxidation sites excluding steroid dienone is 1. The van der Waals surface area contributed by atoms with Crippen molar-refractivity contribution < 1.29 is 27.9 Å². The molecule has 1 aliphatic rings. The lowest BCUT2D eigenvalue weighted by Crippen LogP contribution is -2.31. The normalized spacial score (nSPS) is 16.2. The van der Waals surface area contributed by atoms with Crippen molar-refractivity contribution in [1.82, 2.24) is 5.32 Å². The number of nitrogens with one attached hydrogen (secondary N) is 1. The summed E-state index contributed by atoms with van der Waals surface area (Å²) in [6.45, 7) is 2.59. The fourth-order valence-electron chi connectivity index (χ4n) is 4.96. The predicted molar refractivity (Wildman–Crippen MR) is 159 cm³/mol. The fourth-order valence-corrected chi connectivity index (χ4v) is 5.79. The number of hydrogen-bond donors (Lipinski definition) is 5. The highest BCUT2D eigenvalue weighted by atomic mass is 32.2. The van der Waals surface area contributed by atoms with Crippen LogP contribution in [0.5, 0.6) is 11.5 Å². The van der Waals surface area contributed by atoms with Gasteiger partial charge in [0.05, 0.1) is 11.4 Å². The molecule has 3 aromatic rings. The van der Waals surface area contributed by atoms with Crippen molar-refractivity contribution in [3.8, 4) is 11.5 Å². The van der Waals surface area contributed by atoms with Crippen LogP contribution in [0.4, 0.5) is 0 Å². The van der Waals surface area contributed by atoms with Crippen molar-refractivity contribution in [3.05, 3.63) is 107 Å². The Morgan fingerprint density at radius 2 is 1.80 bits per heavy atom. The number of aliphatic imine (C=N–C) groups is 1. The van der Waals surface area contributed by atoms with Gasteiger partial charge in [0, 0.05) is 13.0 Å². The van der Waals surface area contributed by atoms with E-state index >= 15 is 0 Å². The Labute approximate surface area is 241 Å². The summed E-state index contributed by atoms with van der Waals surface area (Å²) in [6, 6.07) is 20.1. The largest absolute Gasteiger partial charge is 0.508 e. The molecule has 4 rings (SSSR count). The fraction of sp³-hybridized carbons (Fsp3) is 0.323. The Balaban J connectivity index is 1.55. The summed E-state index contributed by atoms with van der Waals surface area (Å²) in [5.74, 6) is 0.904. The van der Waals surface area contributed by atoms with Gasteiger partial charge in [-0.25, -0.2) is 4.99 Å². The lowest BCUT2D eigenvalue weighted by molar-refractivity contribution is 0.228. The van der Waals surface area contributed by atoms with Crippen LogP contribution in [-0.4, -0.2) is 41.1 Å². The number of aliphatic hydroxyl groups excluding tert-OH is 1. The highest BCUT2D eigenvalue weighted by Crippen LogP contribution is 2.33. The van der Waals surface area contributed by atoms with Crippen molar-refractivity contribution >= 4 is 16.1 Å². The second-order valence-electron chi connectivity index (χ2n) is 10.2. The molecule has 218 valence electrons. The molecule has 6 N–H and O–H groups in total. The number of aromatic hydroxyl groups is 1. The molecule has 0 saturated heterocycles. The molecule has 41 heavy (non-hydrogen) atoms. The zero-order valence-electron chi connectivity index (χ0n) is 23.0. The molecule has 0 radical (unpaired) electrons. The van der Waals surface area contributed by atoms with Gasteiger partial charge in [0.25, 0.3) is 10.1 Å². The van der Waals surface area contributed by atoms with Crippen LogP contribution in [0.25, 0.3) is 0 Å². The summed E-state index contributed by atoms with van der Waals surface area (Å²) in [5, 5.41) is 21.9. The number of phenols is 1. The van der Waals surface area contributed by atoms with Crippen LogP contribution in [0.3, 0.4) is 0 Å². The molecule has 0 amide bonds. The molecule has 3 atom stereocenters. The summed E-state index contributed by atoms with van der Waals surface area (Å²) in [7, 11) is -4.35. The predicted octanol–water partition coefficient (Wildman–Crippen LogP) is 4.56. The molecule has 0 fully saturated rings. The van der Waals surface area contributed by atoms with Gasteiger partial charge in [-0.05, 0) is 71.2 Å². The van der Waals surface area contributed by atoms with Gasteiger partial charge in [-0.2, -0.15) is 8.42 Å². The van der Waals surface area contributed by atoms with Crippen molar-refractivity contribution in [2.45, 2.75) is 56.4 Å². The lowest BCUT2D eigenvalue weighted by atomic mass is 9.88. The van der Waals surface area contributed by atoms with E-state index in [4.69, 9.17) is 10.5 Å². The van der Waals surface area contributed by atoms with E-state index in [0.29, 0.717) is 36.7 Å². The Morgan fingerprint density at radius 1 is 1.07 bits per heavy atom. The molecule has 0 aliphatic carbocycles. The summed E-state index contributed by atoms with van der Waals surface area (Å²) in [4.78, 5) is 4.23. The highest BCUT2D eigenvalue weighted by molar-refractivity contribution is 7.86. The number of benzene rings is 3. The van der Waals surface area contributed by atoms with E-state index in [9.17, 15) is 23.2 Å². The number of ether oxygens (including phenoxy) is 1. The number of guanidine groups is 1. The number of fused-ring (bicyclic) bond motifs is 3. The van der Waals surface area contributed by atoms with Gasteiger partial charge < -0.3 is 26.0 Å². The molecule has 0 unspecified atom stereocenters. The van der Waals surface area contributed by atoms with E-state index in [2.05, 4.69) is 16.4 Å². The molecule has 2 bridgehead atoms. The first-order valence-electron chi connectivity index (χ1n) is 13.6. The third-order valence-corrected chi connectivity index (χ3v) is 8.51. The maximum atomic E-state index is 12.4. The summed E-state index contributed by atoms with van der Waals surface area (Å²) >= 11 is 0. The van der Waals surface area contributed by atoms with E-state index < -0.39 is 21.5 Å². The maximum Gasteiger partial charge on any atom is 0.268 e. The maximum absolute atomic E-state index is 12.4. The summed E-state index contributed by atoms with van der Waals surface area (Å²) < 4.78 is 40.7. The minimum absolute atomic E-state index is 0.0405. The van der Waals surface area contributed by atoms with Crippen LogP contribution < -0.4 is 15.8 Å². The zero-order chi connectivity index (χ0) is 29.4. The van der Waals surface area contributed by atoms with Crippen molar-refractivity contribution in [1.29, 1.82) is 0 Å². The quantitative estimate of drug-likeness (QED) is 0.183. The topological polar surface area (TPSA) is 154 Å². The first kappa shape index (κ1) is 30.1. The Kier molecular flexibility index (Phi) is 10.0. The number of nitrogens with two attached hydrogens (primary N) is 1. The molecule has 0 saturated carbocycles. The standard InChI is InChI=1S/C31H37N3O6S/c1-2-23(18-28(41(37,38)39)7-4-8-29(36)24-9-12-27(35)13-10-24)25-11-14-30-26(17-25)16-21-5-3-6-22(15-21)19-33-31(32)34-20-40-30/h3-6,8-15,17,23,28-29,35-36H,2,7,16,18-20H2,1H3,(H3,32,33,34)(H,37,38,39)/t23-,28+,29-/m1/s1. The van der Waals surface area contributed by atoms with Crippen LogP contribution >= 0.6 is 0 Å². The molecular weight excluding hydrogens is 542 g/mol. The van der Waals surface area contributed by atoms with Gasteiger partial charge in [0.15, 0.2) is 12.7 Å². The monoisotopic (exact) mass is 579 g/mol. The third-order valence-electron chi connectivity index (χ3n) is 7.28. The Hall–Kier alpha value is -3.86. The van der Waals surface area contributed by atoms with Gasteiger partial charge in [-0.3, -0.25) is 4.55 Å². The van der Waals surface area contributed by atoms with Crippen molar-refractivity contribution in [2.75, 3.05) is 6.73 Å². The van der Waals surface area contributed by atoms with Crippen LogP contribution in [0.1, 0.15) is 66.0 Å². The van der Waals surface area contributed by atoms with E-state index in [0.717, 1.165) is 22.3 Å². The van der Waals surface area contributed by atoms with Gasteiger partial charge in [0.1, 0.15) is 11.5 Å². The van der Waals surface area contributed by atoms with Crippen molar-refractivity contribution in [2.24, 2.45) is 10.7 Å². The van der Waals surface area contributed by atoms with Crippen LogP contribution in [0.15, 0.2) is 83.9 Å². The van der Waals surface area contributed by atoms with Crippen molar-refractivity contribution in [3.63, 3.8) is 0 Å². The van der Waals surface area contributed by atoms with E-state index in [1.807, 2.05) is 43.3 Å². The van der Waals surface area contributed by atoms with Gasteiger partial charge >= 0.3 is 0 Å². The second kappa shape index (κ2) is 13.7. The van der Waals surface area contributed by atoms with Gasteiger partial charge in [0.2, 0.25) is 0 Å². The van der Waals surface area contributed by atoms with E-state index in [-0.39, 0.29) is 31.2 Å². The number of hydrogen-bond acceptors (Lipinski definition) is 8. The number of nitrogens with zero attached hydrogens (tertiary/aromatic N) is 1. The third kappa shape index (κ3) is 8.56. The number of rotatable bonds is 9. The van der Waals surface area contributed by atoms with Crippen LogP contribution in [-0.2, 0) is 23.1 Å². The minimum atomic E-state index is -4.35. The van der Waals surface area contributed by atoms with E-state index in [1.165, 1.54) is 18.2 Å². The number of phenolic OH excluding ortho intramolecular Hbond substituents is 1. The SMILES string of the molecule is CC[C@H](C[C@H](CC=C[C@@H](O)c1ccc(O)cc1)S(=O)(=O)O)c1ccc2c(c1)Cc1cccc(c1)CNC(N)=NCO2. The van der Waals surface area contributed by atoms with Gasteiger partial charge in [-0.1, -0.05) is 67.6 Å². The molecule has 0 aromatic heterocycles. The average Bonchev–Trinajstić information content (AvgIpc) is 2.94. The Morgan fingerprint density at radius 3 is 2.54 bits per heavy atom. The number of aliphatic hydroxyl groups is 1.